The number of benzene rings is 2. The van der Waals surface area contributed by atoms with Gasteiger partial charge in [-0.1, -0.05) is 42.5 Å². The Labute approximate surface area is 202 Å². The Bertz CT molecular complexity index is 1250. The molecule has 5 nitrogen and oxygen atoms in total. The fourth-order valence-corrected chi connectivity index (χ4v) is 4.22. The van der Waals surface area contributed by atoms with Crippen molar-refractivity contribution in [3.05, 3.63) is 84.2 Å². The maximum absolute atomic E-state index is 13.6. The van der Waals surface area contributed by atoms with Gasteiger partial charge in [0.15, 0.2) is 0 Å². The average Bonchev–Trinajstić information content (AvgIpc) is 2.99. The lowest BCUT2D eigenvalue weighted by atomic mass is 10.0. The Morgan fingerprint density at radius 1 is 0.861 bits per heavy atom. The summed E-state index contributed by atoms with van der Waals surface area (Å²) in [4.78, 5) is 29.8. The minimum Gasteiger partial charge on any atom is -0.325 e. The predicted octanol–water partition coefficient (Wildman–Crippen LogP) is 5.16. The van der Waals surface area contributed by atoms with Gasteiger partial charge in [-0.3, -0.25) is 14.6 Å². The molecule has 11 heteroatoms. The lowest BCUT2D eigenvalue weighted by Gasteiger charge is -2.32. The molecule has 1 atom stereocenters. The highest BCUT2D eigenvalue weighted by atomic mass is 19.4. The third-order valence-electron chi connectivity index (χ3n) is 5.85. The number of amides is 2. The fraction of sp³-hybridized carbons (Fsp3) is 0.240. The summed E-state index contributed by atoms with van der Waals surface area (Å²) in [6.07, 6.45) is -7.74. The summed E-state index contributed by atoms with van der Waals surface area (Å²) in [6, 6.07) is 14.1. The van der Waals surface area contributed by atoms with Crippen LogP contribution < -0.4 is 4.90 Å². The molecule has 0 N–H and O–H groups in total. The minimum atomic E-state index is -5.28. The first-order valence-electron chi connectivity index (χ1n) is 10.8. The van der Waals surface area contributed by atoms with Gasteiger partial charge in [0.2, 0.25) is 0 Å². The summed E-state index contributed by atoms with van der Waals surface area (Å²) >= 11 is 0. The second-order valence-electron chi connectivity index (χ2n) is 8.27. The second-order valence-corrected chi connectivity index (χ2v) is 8.27. The van der Waals surface area contributed by atoms with E-state index in [2.05, 4.69) is 4.98 Å². The van der Waals surface area contributed by atoms with Crippen molar-refractivity contribution in [2.45, 2.75) is 31.4 Å². The van der Waals surface area contributed by atoms with E-state index in [0.717, 1.165) is 0 Å². The quantitative estimate of drug-likeness (QED) is 0.461. The van der Waals surface area contributed by atoms with E-state index >= 15 is 0 Å². The number of carbonyl (C=O) groups excluding carboxylic acids is 2. The van der Waals surface area contributed by atoms with Crippen LogP contribution >= 0.6 is 0 Å². The van der Waals surface area contributed by atoms with Gasteiger partial charge < -0.3 is 9.80 Å². The molecule has 3 aromatic rings. The highest BCUT2D eigenvalue weighted by molar-refractivity contribution is 5.99. The SMILES string of the molecule is O=C(N1CC(Cc2ccccc2)N(C(=O)C(F)(F)F)Cc2cc(-c3cccnc3)ccc21)C(F)(F)F. The molecule has 1 aliphatic heterocycles. The predicted molar refractivity (Wildman–Crippen MR) is 119 cm³/mol. The number of hydrogen-bond donors (Lipinski definition) is 0. The summed E-state index contributed by atoms with van der Waals surface area (Å²) in [5.74, 6) is -4.42. The van der Waals surface area contributed by atoms with Crippen LogP contribution in [0.3, 0.4) is 0 Å². The van der Waals surface area contributed by atoms with E-state index in [1.165, 1.54) is 30.6 Å². The van der Waals surface area contributed by atoms with Crippen molar-refractivity contribution in [1.82, 2.24) is 9.88 Å². The molecule has 188 valence electrons. The molecule has 36 heavy (non-hydrogen) atoms. The van der Waals surface area contributed by atoms with Crippen molar-refractivity contribution in [2.24, 2.45) is 0 Å². The minimum absolute atomic E-state index is 0.0258. The molecule has 0 saturated heterocycles. The van der Waals surface area contributed by atoms with Crippen molar-refractivity contribution >= 4 is 17.5 Å². The monoisotopic (exact) mass is 507 g/mol. The zero-order chi connectivity index (χ0) is 26.1. The van der Waals surface area contributed by atoms with Crippen molar-refractivity contribution in [3.8, 4) is 11.1 Å². The van der Waals surface area contributed by atoms with Crippen LogP contribution in [0.1, 0.15) is 11.1 Å². The normalized spacial score (nSPS) is 16.3. The zero-order valence-electron chi connectivity index (χ0n) is 18.6. The van der Waals surface area contributed by atoms with Crippen LogP contribution in [0.5, 0.6) is 0 Å². The van der Waals surface area contributed by atoms with E-state index in [9.17, 15) is 35.9 Å². The molecule has 1 aromatic heterocycles. The maximum Gasteiger partial charge on any atom is 0.471 e. The number of rotatable bonds is 3. The molecule has 2 heterocycles. The van der Waals surface area contributed by atoms with Crippen LogP contribution in [0.25, 0.3) is 11.1 Å². The molecule has 0 aliphatic carbocycles. The van der Waals surface area contributed by atoms with Crippen LogP contribution in [0.4, 0.5) is 32.0 Å². The molecular weight excluding hydrogens is 488 g/mol. The van der Waals surface area contributed by atoms with Crippen LogP contribution in [-0.2, 0) is 22.6 Å². The van der Waals surface area contributed by atoms with Crippen LogP contribution in [0, 0.1) is 0 Å². The van der Waals surface area contributed by atoms with Gasteiger partial charge >= 0.3 is 24.2 Å². The van der Waals surface area contributed by atoms with E-state index in [1.54, 1.807) is 42.5 Å². The molecule has 1 unspecified atom stereocenters. The Morgan fingerprint density at radius 2 is 1.56 bits per heavy atom. The van der Waals surface area contributed by atoms with E-state index in [0.29, 0.717) is 26.5 Å². The number of hydrogen-bond acceptors (Lipinski definition) is 3. The largest absolute Gasteiger partial charge is 0.471 e. The number of aromatic nitrogens is 1. The summed E-state index contributed by atoms with van der Waals surface area (Å²) in [5.41, 5.74) is 1.29. The Morgan fingerprint density at radius 3 is 2.17 bits per heavy atom. The molecule has 2 amide bonds. The van der Waals surface area contributed by atoms with Crippen LogP contribution in [-0.4, -0.2) is 46.6 Å². The summed E-state index contributed by atoms with van der Waals surface area (Å²) in [5, 5.41) is 0. The number of anilines is 1. The lowest BCUT2D eigenvalue weighted by Crippen LogP contribution is -2.52. The Balaban J connectivity index is 1.85. The number of alkyl halides is 6. The van der Waals surface area contributed by atoms with Gasteiger partial charge in [-0.05, 0) is 46.9 Å². The van der Waals surface area contributed by atoms with Gasteiger partial charge in [0, 0.05) is 31.2 Å². The summed E-state index contributed by atoms with van der Waals surface area (Å²) in [6.45, 7) is -1.41. The van der Waals surface area contributed by atoms with E-state index in [4.69, 9.17) is 0 Å². The Hall–Kier alpha value is -3.89. The fourth-order valence-electron chi connectivity index (χ4n) is 4.22. The molecule has 0 fully saturated rings. The smallest absolute Gasteiger partial charge is 0.325 e. The standard InChI is InChI=1S/C25H19F6N3O2/c26-24(27,28)22(35)33-14-19-12-17(18-7-4-10-32-13-18)8-9-21(19)34(23(36)25(29,30)31)15-20(33)11-16-5-2-1-3-6-16/h1-10,12-13,20H,11,14-15H2. The zero-order valence-corrected chi connectivity index (χ0v) is 18.6. The number of fused-ring (bicyclic) bond motifs is 1. The van der Waals surface area contributed by atoms with Gasteiger partial charge in [0.25, 0.3) is 0 Å². The number of halogens is 6. The van der Waals surface area contributed by atoms with Gasteiger partial charge in [-0.2, -0.15) is 26.3 Å². The third-order valence-corrected chi connectivity index (χ3v) is 5.85. The molecule has 1 aliphatic rings. The van der Waals surface area contributed by atoms with E-state index < -0.39 is 43.3 Å². The number of carbonyl (C=O) groups is 2. The molecule has 4 rings (SSSR count). The molecule has 2 aromatic carbocycles. The van der Waals surface area contributed by atoms with Crippen molar-refractivity contribution in [2.75, 3.05) is 11.4 Å². The highest BCUT2D eigenvalue weighted by Crippen LogP contribution is 2.36. The topological polar surface area (TPSA) is 53.5 Å². The van der Waals surface area contributed by atoms with E-state index in [1.807, 2.05) is 0 Å². The molecule has 0 radical (unpaired) electrons. The molecule has 0 saturated carbocycles. The molecular formula is C25H19F6N3O2. The second kappa shape index (κ2) is 9.63. The molecule has 0 bridgehead atoms. The van der Waals surface area contributed by atoms with Crippen LogP contribution in [0.15, 0.2) is 73.1 Å². The van der Waals surface area contributed by atoms with Gasteiger partial charge in [0.1, 0.15) is 0 Å². The first-order chi connectivity index (χ1) is 16.9. The van der Waals surface area contributed by atoms with Gasteiger partial charge in [0.05, 0.1) is 6.04 Å². The lowest BCUT2D eigenvalue weighted by molar-refractivity contribution is -0.188. The van der Waals surface area contributed by atoms with Gasteiger partial charge in [-0.25, -0.2) is 0 Å². The first-order valence-corrected chi connectivity index (χ1v) is 10.8. The number of nitrogens with zero attached hydrogens (tertiary/aromatic N) is 3. The van der Waals surface area contributed by atoms with Crippen LogP contribution in [0.2, 0.25) is 0 Å². The Kier molecular flexibility index (Phi) is 6.75. The molecule has 0 spiro atoms. The average molecular weight is 507 g/mol. The van der Waals surface area contributed by atoms with E-state index in [-0.39, 0.29) is 17.7 Å². The van der Waals surface area contributed by atoms with Gasteiger partial charge in [-0.15, -0.1) is 0 Å². The van der Waals surface area contributed by atoms with Crippen molar-refractivity contribution in [3.63, 3.8) is 0 Å². The maximum atomic E-state index is 13.6. The highest BCUT2D eigenvalue weighted by Gasteiger charge is 2.49. The summed E-state index contributed by atoms with van der Waals surface area (Å²) in [7, 11) is 0. The summed E-state index contributed by atoms with van der Waals surface area (Å²) < 4.78 is 81.4. The third kappa shape index (κ3) is 5.34. The number of pyridine rings is 1. The van der Waals surface area contributed by atoms with Crippen molar-refractivity contribution < 1.29 is 35.9 Å². The first kappa shape index (κ1) is 25.2. The van der Waals surface area contributed by atoms with Crippen molar-refractivity contribution in [1.29, 1.82) is 0 Å².